The number of allylic oxidation sites excluding steroid dienone is 3. The number of hydrogen-bond donors (Lipinski definition) is 1. The molecule has 16 heavy (non-hydrogen) atoms. The summed E-state index contributed by atoms with van der Waals surface area (Å²) >= 11 is 0. The average molecular weight is 219 g/mol. The summed E-state index contributed by atoms with van der Waals surface area (Å²) in [4.78, 5) is 0. The highest BCUT2D eigenvalue weighted by molar-refractivity contribution is 5.34. The summed E-state index contributed by atoms with van der Waals surface area (Å²) in [5.74, 6) is 1.48. The van der Waals surface area contributed by atoms with Gasteiger partial charge in [-0.3, -0.25) is 0 Å². The van der Waals surface area contributed by atoms with Gasteiger partial charge in [-0.1, -0.05) is 45.4 Å². The van der Waals surface area contributed by atoms with Gasteiger partial charge >= 0.3 is 0 Å². The van der Waals surface area contributed by atoms with Crippen molar-refractivity contribution in [3.05, 3.63) is 23.3 Å². The first-order valence-corrected chi connectivity index (χ1v) is 6.60. The molecule has 2 rings (SSSR count). The van der Waals surface area contributed by atoms with Crippen molar-refractivity contribution in [3.63, 3.8) is 0 Å². The van der Waals surface area contributed by atoms with E-state index in [-0.39, 0.29) is 0 Å². The molecule has 0 radical (unpaired) electrons. The molecule has 1 nitrogen and oxygen atoms in total. The fourth-order valence-corrected chi connectivity index (χ4v) is 2.76. The number of nitrogens with one attached hydrogen (secondary N) is 1. The van der Waals surface area contributed by atoms with Crippen LogP contribution in [0.1, 0.15) is 40.5 Å². The van der Waals surface area contributed by atoms with Crippen molar-refractivity contribution in [2.24, 2.45) is 17.3 Å². The van der Waals surface area contributed by atoms with Gasteiger partial charge in [0.05, 0.1) is 0 Å². The Morgan fingerprint density at radius 3 is 2.62 bits per heavy atom. The second kappa shape index (κ2) is 4.37. The third kappa shape index (κ3) is 2.57. The Morgan fingerprint density at radius 2 is 2.06 bits per heavy atom. The maximum Gasteiger partial charge on any atom is 0.00205 e. The van der Waals surface area contributed by atoms with Crippen LogP contribution in [0.3, 0.4) is 0 Å². The molecule has 1 N–H and O–H groups in total. The third-order valence-corrected chi connectivity index (χ3v) is 3.85. The molecule has 0 aromatic heterocycles. The second-order valence-corrected chi connectivity index (χ2v) is 6.46. The molecular formula is C15H25N. The largest absolute Gasteiger partial charge is 0.316 e. The van der Waals surface area contributed by atoms with Crippen LogP contribution in [0.15, 0.2) is 23.3 Å². The quantitative estimate of drug-likeness (QED) is 0.711. The van der Waals surface area contributed by atoms with E-state index in [9.17, 15) is 0 Å². The Hall–Kier alpha value is -0.560. The first-order valence-electron chi connectivity index (χ1n) is 6.60. The fourth-order valence-electron chi connectivity index (χ4n) is 2.76. The molecule has 1 aliphatic heterocycles. The highest BCUT2D eigenvalue weighted by Crippen LogP contribution is 2.37. The molecule has 2 atom stereocenters. The zero-order valence-electron chi connectivity index (χ0n) is 11.1. The van der Waals surface area contributed by atoms with Gasteiger partial charge in [0.25, 0.3) is 0 Å². The van der Waals surface area contributed by atoms with Gasteiger partial charge < -0.3 is 5.32 Å². The Kier molecular flexibility index (Phi) is 3.25. The molecule has 2 unspecified atom stereocenters. The van der Waals surface area contributed by atoms with Crippen molar-refractivity contribution in [2.45, 2.75) is 40.5 Å². The van der Waals surface area contributed by atoms with E-state index in [2.05, 4.69) is 45.2 Å². The molecule has 0 saturated carbocycles. The van der Waals surface area contributed by atoms with E-state index in [0.29, 0.717) is 5.41 Å². The van der Waals surface area contributed by atoms with Crippen molar-refractivity contribution in [1.82, 2.24) is 5.32 Å². The fraction of sp³-hybridized carbons (Fsp3) is 0.733. The molecule has 1 aliphatic carbocycles. The zero-order valence-corrected chi connectivity index (χ0v) is 11.1. The predicted octanol–water partition coefficient (Wildman–Crippen LogP) is 3.53. The maximum atomic E-state index is 3.47. The summed E-state index contributed by atoms with van der Waals surface area (Å²) < 4.78 is 0. The SMILES string of the molecule is CC1C=C(C2CCNC2)C=C(C(C)(C)C)C1. The summed E-state index contributed by atoms with van der Waals surface area (Å²) in [5, 5.41) is 3.47. The van der Waals surface area contributed by atoms with E-state index in [0.717, 1.165) is 11.8 Å². The highest BCUT2D eigenvalue weighted by atomic mass is 14.9. The van der Waals surface area contributed by atoms with Crippen LogP contribution in [0.25, 0.3) is 0 Å². The van der Waals surface area contributed by atoms with Crippen LogP contribution in [0.5, 0.6) is 0 Å². The number of hydrogen-bond acceptors (Lipinski definition) is 1. The van der Waals surface area contributed by atoms with Gasteiger partial charge in [-0.15, -0.1) is 0 Å². The Bertz CT molecular complexity index is 311. The molecule has 2 aliphatic rings. The van der Waals surface area contributed by atoms with E-state index in [1.54, 1.807) is 11.1 Å². The van der Waals surface area contributed by atoms with Crippen molar-refractivity contribution >= 4 is 0 Å². The van der Waals surface area contributed by atoms with Crippen LogP contribution in [0, 0.1) is 17.3 Å². The van der Waals surface area contributed by atoms with Crippen LogP contribution in [-0.4, -0.2) is 13.1 Å². The standard InChI is InChI=1S/C15H25N/c1-11-7-13(12-5-6-16-10-12)9-14(8-11)15(2,3)4/h7,9,11-12,16H,5-6,8,10H2,1-4H3. The van der Waals surface area contributed by atoms with Gasteiger partial charge in [0.15, 0.2) is 0 Å². The van der Waals surface area contributed by atoms with E-state index in [1.807, 2.05) is 0 Å². The lowest BCUT2D eigenvalue weighted by molar-refractivity contribution is 0.455. The van der Waals surface area contributed by atoms with Crippen LogP contribution in [0.4, 0.5) is 0 Å². The van der Waals surface area contributed by atoms with Gasteiger partial charge in [-0.25, -0.2) is 0 Å². The van der Waals surface area contributed by atoms with E-state index in [4.69, 9.17) is 0 Å². The minimum absolute atomic E-state index is 0.333. The first-order chi connectivity index (χ1) is 7.47. The lowest BCUT2D eigenvalue weighted by Crippen LogP contribution is -2.18. The molecule has 1 fully saturated rings. The Balaban J connectivity index is 2.20. The van der Waals surface area contributed by atoms with Gasteiger partial charge in [0.1, 0.15) is 0 Å². The first kappa shape index (κ1) is 11.9. The summed E-state index contributed by atoms with van der Waals surface area (Å²) in [6.07, 6.45) is 7.53. The molecule has 1 heterocycles. The average Bonchev–Trinajstić information content (AvgIpc) is 2.68. The Labute approximate surface area is 100 Å². The molecule has 0 spiro atoms. The minimum Gasteiger partial charge on any atom is -0.316 e. The summed E-state index contributed by atoms with van der Waals surface area (Å²) in [6, 6.07) is 0. The van der Waals surface area contributed by atoms with Crippen LogP contribution < -0.4 is 5.32 Å². The van der Waals surface area contributed by atoms with Gasteiger partial charge in [0, 0.05) is 6.54 Å². The zero-order chi connectivity index (χ0) is 11.8. The highest BCUT2D eigenvalue weighted by Gasteiger charge is 2.26. The van der Waals surface area contributed by atoms with Crippen molar-refractivity contribution in [2.75, 3.05) is 13.1 Å². The van der Waals surface area contributed by atoms with Gasteiger partial charge in [-0.2, -0.15) is 0 Å². The van der Waals surface area contributed by atoms with E-state index in [1.165, 1.54) is 25.9 Å². The van der Waals surface area contributed by atoms with Crippen LogP contribution in [0.2, 0.25) is 0 Å². The smallest absolute Gasteiger partial charge is 0.00205 e. The maximum absolute atomic E-state index is 3.47. The van der Waals surface area contributed by atoms with Crippen molar-refractivity contribution < 1.29 is 0 Å². The summed E-state index contributed by atoms with van der Waals surface area (Å²) in [5.41, 5.74) is 3.55. The Morgan fingerprint density at radius 1 is 1.31 bits per heavy atom. The monoisotopic (exact) mass is 219 g/mol. The molecule has 0 aromatic rings. The summed E-state index contributed by atoms with van der Waals surface area (Å²) in [6.45, 7) is 11.7. The van der Waals surface area contributed by atoms with E-state index < -0.39 is 0 Å². The molecule has 90 valence electrons. The lowest BCUT2D eigenvalue weighted by atomic mass is 9.75. The molecular weight excluding hydrogens is 194 g/mol. The molecule has 1 saturated heterocycles. The molecule has 1 heteroatoms. The normalized spacial score (nSPS) is 31.2. The number of rotatable bonds is 1. The van der Waals surface area contributed by atoms with Crippen molar-refractivity contribution in [3.8, 4) is 0 Å². The molecule has 0 amide bonds. The van der Waals surface area contributed by atoms with Crippen LogP contribution >= 0.6 is 0 Å². The van der Waals surface area contributed by atoms with Gasteiger partial charge in [0.2, 0.25) is 0 Å². The van der Waals surface area contributed by atoms with Crippen LogP contribution in [-0.2, 0) is 0 Å². The van der Waals surface area contributed by atoms with E-state index >= 15 is 0 Å². The topological polar surface area (TPSA) is 12.0 Å². The summed E-state index contributed by atoms with van der Waals surface area (Å²) in [7, 11) is 0. The minimum atomic E-state index is 0.333. The van der Waals surface area contributed by atoms with Gasteiger partial charge in [-0.05, 0) is 42.2 Å². The predicted molar refractivity (Wildman–Crippen MR) is 70.4 cm³/mol. The molecule has 0 aromatic carbocycles. The molecule has 0 bridgehead atoms. The van der Waals surface area contributed by atoms with Crippen molar-refractivity contribution in [1.29, 1.82) is 0 Å². The third-order valence-electron chi connectivity index (χ3n) is 3.85. The lowest BCUT2D eigenvalue weighted by Gasteiger charge is -2.30. The second-order valence-electron chi connectivity index (χ2n) is 6.46.